The normalized spacial score (nSPS) is 15.8. The molecule has 2 aromatic rings. The van der Waals surface area contributed by atoms with Gasteiger partial charge in [-0.2, -0.15) is 8.42 Å². The van der Waals surface area contributed by atoms with E-state index in [0.29, 0.717) is 23.2 Å². The van der Waals surface area contributed by atoms with E-state index in [1.807, 2.05) is 17.9 Å². The minimum atomic E-state index is -3.69. The van der Waals surface area contributed by atoms with E-state index in [1.54, 1.807) is 30.3 Å². The molecule has 0 amide bonds. The lowest BCUT2D eigenvalue weighted by Crippen LogP contribution is -2.34. The summed E-state index contributed by atoms with van der Waals surface area (Å²) in [5, 5.41) is 0.458. The van der Waals surface area contributed by atoms with Crippen LogP contribution in [0.2, 0.25) is 0 Å². The summed E-state index contributed by atoms with van der Waals surface area (Å²) in [5.74, 6) is 0.236. The summed E-state index contributed by atoms with van der Waals surface area (Å²) in [4.78, 5) is 2.18. The van der Waals surface area contributed by atoms with Crippen molar-refractivity contribution in [1.82, 2.24) is 0 Å². The van der Waals surface area contributed by atoms with E-state index >= 15 is 0 Å². The van der Waals surface area contributed by atoms with Crippen LogP contribution >= 0.6 is 11.8 Å². The Morgan fingerprint density at radius 1 is 1.12 bits per heavy atom. The van der Waals surface area contributed by atoms with Crippen molar-refractivity contribution in [2.45, 2.75) is 24.0 Å². The maximum atomic E-state index is 13.0. The van der Waals surface area contributed by atoms with Crippen molar-refractivity contribution in [3.63, 3.8) is 0 Å². The molecule has 0 saturated heterocycles. The Hall–Kier alpha value is -1.86. The van der Waals surface area contributed by atoms with Crippen LogP contribution in [-0.2, 0) is 15.8 Å². The van der Waals surface area contributed by atoms with Crippen molar-refractivity contribution in [2.24, 2.45) is 4.40 Å². The third-order valence-electron chi connectivity index (χ3n) is 3.59. The number of thioether (sulfide) groups is 1. The predicted molar refractivity (Wildman–Crippen MR) is 96.4 cm³/mol. The summed E-state index contributed by atoms with van der Waals surface area (Å²) in [6.07, 6.45) is 0.866. The highest BCUT2D eigenvalue weighted by Gasteiger charge is 2.30. The van der Waals surface area contributed by atoms with Gasteiger partial charge in [0.2, 0.25) is 0 Å². The van der Waals surface area contributed by atoms with Gasteiger partial charge in [0.05, 0.1) is 5.69 Å². The van der Waals surface area contributed by atoms with Crippen LogP contribution in [0.5, 0.6) is 0 Å². The van der Waals surface area contributed by atoms with E-state index in [4.69, 9.17) is 0 Å². The number of nitrogens with zero attached hydrogens (tertiary/aromatic N) is 2. The Balaban J connectivity index is 1.90. The highest BCUT2D eigenvalue weighted by atomic mass is 32.2. The second-order valence-corrected chi connectivity index (χ2v) is 7.90. The average molecular weight is 364 g/mol. The molecule has 7 heteroatoms. The molecule has 1 aliphatic heterocycles. The first kappa shape index (κ1) is 17.0. The second-order valence-electron chi connectivity index (χ2n) is 5.38. The van der Waals surface area contributed by atoms with Gasteiger partial charge in [-0.1, -0.05) is 43.0 Å². The minimum absolute atomic E-state index is 0.240. The number of fused-ring (bicyclic) bond motifs is 1. The van der Waals surface area contributed by atoms with Gasteiger partial charge in [0.1, 0.15) is 10.7 Å². The van der Waals surface area contributed by atoms with Crippen LogP contribution in [0.3, 0.4) is 0 Å². The molecule has 0 atom stereocenters. The van der Waals surface area contributed by atoms with Gasteiger partial charge in [-0.15, -0.1) is 4.40 Å². The van der Waals surface area contributed by atoms with E-state index in [-0.39, 0.29) is 10.7 Å². The zero-order valence-corrected chi connectivity index (χ0v) is 14.8. The lowest BCUT2D eigenvalue weighted by atomic mass is 10.2. The van der Waals surface area contributed by atoms with Gasteiger partial charge in [-0.3, -0.25) is 0 Å². The van der Waals surface area contributed by atoms with Crippen LogP contribution in [0.15, 0.2) is 57.8 Å². The van der Waals surface area contributed by atoms with Crippen molar-refractivity contribution >= 4 is 32.6 Å². The Morgan fingerprint density at radius 2 is 1.83 bits per heavy atom. The fourth-order valence-electron chi connectivity index (χ4n) is 2.48. The summed E-state index contributed by atoms with van der Waals surface area (Å²) in [6.45, 7) is 2.72. The molecule has 1 aliphatic rings. The zero-order chi connectivity index (χ0) is 17.2. The van der Waals surface area contributed by atoms with Crippen molar-refractivity contribution < 1.29 is 12.8 Å². The molecule has 1 heterocycles. The number of amidine groups is 1. The fourth-order valence-corrected chi connectivity index (χ4v) is 4.91. The first-order valence-corrected chi connectivity index (χ1v) is 10.0. The number of rotatable bonds is 4. The number of halogens is 1. The van der Waals surface area contributed by atoms with E-state index in [9.17, 15) is 12.8 Å². The number of anilines is 1. The average Bonchev–Trinajstić information content (AvgIpc) is 2.57. The van der Waals surface area contributed by atoms with Gasteiger partial charge in [-0.25, -0.2) is 4.39 Å². The fraction of sp³-hybridized carbons (Fsp3) is 0.235. The summed E-state index contributed by atoms with van der Waals surface area (Å²) in [6, 6.07) is 13.1. The Bertz CT molecular complexity index is 864. The van der Waals surface area contributed by atoms with Crippen molar-refractivity contribution in [1.29, 1.82) is 0 Å². The van der Waals surface area contributed by atoms with Gasteiger partial charge < -0.3 is 4.90 Å². The Kier molecular flexibility index (Phi) is 4.91. The largest absolute Gasteiger partial charge is 0.319 e. The predicted octanol–water partition coefficient (Wildman–Crippen LogP) is 4.03. The molecule has 3 rings (SSSR count). The van der Waals surface area contributed by atoms with Crippen LogP contribution in [0, 0.1) is 5.82 Å². The molecule has 0 N–H and O–H groups in total. The number of para-hydroxylation sites is 1. The number of benzene rings is 2. The second kappa shape index (κ2) is 6.94. The summed E-state index contributed by atoms with van der Waals surface area (Å²) in [7, 11) is -3.69. The molecular formula is C17H17FN2O2S2. The van der Waals surface area contributed by atoms with E-state index in [1.165, 1.54) is 23.9 Å². The van der Waals surface area contributed by atoms with E-state index in [0.717, 1.165) is 12.0 Å². The van der Waals surface area contributed by atoms with Gasteiger partial charge >= 0.3 is 0 Å². The van der Waals surface area contributed by atoms with Crippen molar-refractivity contribution in [3.8, 4) is 0 Å². The molecule has 0 aliphatic carbocycles. The SMILES string of the molecule is CCCN1C(SCc2ccc(F)cc2)=NS(=O)(=O)c2ccccc21. The Labute approximate surface area is 145 Å². The lowest BCUT2D eigenvalue weighted by Gasteiger charge is -2.30. The van der Waals surface area contributed by atoms with Gasteiger partial charge in [0, 0.05) is 12.3 Å². The van der Waals surface area contributed by atoms with Gasteiger partial charge in [0.25, 0.3) is 10.0 Å². The molecular weight excluding hydrogens is 347 g/mol. The molecule has 126 valence electrons. The molecule has 4 nitrogen and oxygen atoms in total. The molecule has 0 saturated carbocycles. The molecule has 0 aromatic heterocycles. The highest BCUT2D eigenvalue weighted by molar-refractivity contribution is 8.14. The Morgan fingerprint density at radius 3 is 2.54 bits per heavy atom. The molecule has 0 unspecified atom stereocenters. The van der Waals surface area contributed by atoms with Gasteiger partial charge in [-0.05, 0) is 36.2 Å². The van der Waals surface area contributed by atoms with Gasteiger partial charge in [0.15, 0.2) is 5.17 Å². The smallest absolute Gasteiger partial charge is 0.286 e. The maximum Gasteiger partial charge on any atom is 0.286 e. The first-order valence-electron chi connectivity index (χ1n) is 7.60. The van der Waals surface area contributed by atoms with Crippen LogP contribution in [-0.4, -0.2) is 20.1 Å². The van der Waals surface area contributed by atoms with Crippen LogP contribution < -0.4 is 4.90 Å². The van der Waals surface area contributed by atoms with E-state index in [2.05, 4.69) is 4.40 Å². The summed E-state index contributed by atoms with van der Waals surface area (Å²) >= 11 is 1.34. The number of hydrogen-bond donors (Lipinski definition) is 0. The highest BCUT2D eigenvalue weighted by Crippen LogP contribution is 2.34. The monoisotopic (exact) mass is 364 g/mol. The third kappa shape index (κ3) is 3.47. The molecule has 0 radical (unpaired) electrons. The van der Waals surface area contributed by atoms with Crippen LogP contribution in [0.25, 0.3) is 0 Å². The zero-order valence-electron chi connectivity index (χ0n) is 13.1. The molecule has 24 heavy (non-hydrogen) atoms. The molecule has 0 fully saturated rings. The van der Waals surface area contributed by atoms with E-state index < -0.39 is 10.0 Å². The molecule has 0 spiro atoms. The summed E-state index contributed by atoms with van der Waals surface area (Å²) in [5.41, 5.74) is 1.58. The topological polar surface area (TPSA) is 49.7 Å². The van der Waals surface area contributed by atoms with Crippen LogP contribution in [0.4, 0.5) is 10.1 Å². The lowest BCUT2D eigenvalue weighted by molar-refractivity contribution is 0.597. The van der Waals surface area contributed by atoms with Crippen molar-refractivity contribution in [3.05, 3.63) is 59.9 Å². The van der Waals surface area contributed by atoms with Crippen molar-refractivity contribution in [2.75, 3.05) is 11.4 Å². The third-order valence-corrected chi connectivity index (χ3v) is 6.07. The van der Waals surface area contributed by atoms with Crippen LogP contribution in [0.1, 0.15) is 18.9 Å². The summed E-state index contributed by atoms with van der Waals surface area (Å²) < 4.78 is 41.8. The first-order chi connectivity index (χ1) is 11.5. The molecule has 2 aromatic carbocycles. The molecule has 0 bridgehead atoms. The maximum absolute atomic E-state index is 13.0. The number of sulfonamides is 1. The number of hydrogen-bond acceptors (Lipinski definition) is 4. The standard InChI is InChI=1S/C17H17FN2O2S2/c1-2-11-20-15-5-3-4-6-16(15)24(21,22)19-17(20)23-12-13-7-9-14(18)10-8-13/h3-10H,2,11-12H2,1H3. The quantitative estimate of drug-likeness (QED) is 0.822. The minimum Gasteiger partial charge on any atom is -0.319 e.